The van der Waals surface area contributed by atoms with Crippen LogP contribution in [-0.2, 0) is 9.53 Å². The largest absolute Gasteiger partial charge is 0.485 e. The molecule has 2 fully saturated rings. The Morgan fingerprint density at radius 2 is 2.00 bits per heavy atom. The maximum atomic E-state index is 12.8. The highest BCUT2D eigenvalue weighted by Gasteiger charge is 2.80. The minimum absolute atomic E-state index is 0.0455. The number of halogens is 3. The second kappa shape index (κ2) is 2.46. The molecule has 2 rings (SSSR count). The summed E-state index contributed by atoms with van der Waals surface area (Å²) < 4.78 is 42.8. The summed E-state index contributed by atoms with van der Waals surface area (Å²) in [6, 6.07) is 0. The van der Waals surface area contributed by atoms with E-state index in [1.54, 1.807) is 0 Å². The van der Waals surface area contributed by atoms with E-state index >= 15 is 0 Å². The molecule has 0 aromatic heterocycles. The van der Waals surface area contributed by atoms with Crippen molar-refractivity contribution in [3.05, 3.63) is 0 Å². The molecule has 0 N–H and O–H groups in total. The van der Waals surface area contributed by atoms with Crippen molar-refractivity contribution in [3.63, 3.8) is 0 Å². The maximum absolute atomic E-state index is 12.8. The summed E-state index contributed by atoms with van der Waals surface area (Å²) in [5, 5.41) is -1.69. The predicted molar refractivity (Wildman–Crippen MR) is 44.7 cm³/mol. The molecule has 2 saturated carbocycles. The van der Waals surface area contributed by atoms with Gasteiger partial charge in [-0.25, -0.2) is 0 Å². The van der Waals surface area contributed by atoms with Gasteiger partial charge in [-0.15, -0.1) is 0 Å². The summed E-state index contributed by atoms with van der Waals surface area (Å²) in [6.07, 6.45) is 0.874. The van der Waals surface area contributed by atoms with E-state index in [0.717, 1.165) is 7.11 Å². The Labute approximate surface area is 79.9 Å². The second-order valence-corrected chi connectivity index (χ2v) is 4.33. The Kier molecular flexibility index (Phi) is 1.74. The standard InChI is InChI=1S/C8H11BF3O2/c1-14-6(13)7-3-2-4-8(7,5-7)9(10,11)12/h2-5H2,1H3/q-1/t7-,8-/m0/s1. The molecule has 0 amide bonds. The van der Waals surface area contributed by atoms with Gasteiger partial charge in [-0.1, -0.05) is 19.3 Å². The molecule has 80 valence electrons. The molecule has 0 aromatic carbocycles. The average Bonchev–Trinajstić information content (AvgIpc) is 2.64. The van der Waals surface area contributed by atoms with Crippen LogP contribution in [0.3, 0.4) is 0 Å². The molecular formula is C8H11BF3O2-. The monoisotopic (exact) mass is 207 g/mol. The van der Waals surface area contributed by atoms with Gasteiger partial charge in [-0.3, -0.25) is 4.79 Å². The number of hydrogen-bond acceptors (Lipinski definition) is 2. The lowest BCUT2D eigenvalue weighted by molar-refractivity contribution is -0.147. The number of rotatable bonds is 2. The number of hydrogen-bond donors (Lipinski definition) is 0. The number of esters is 1. The van der Waals surface area contributed by atoms with Crippen LogP contribution in [-0.4, -0.2) is 20.1 Å². The van der Waals surface area contributed by atoms with Crippen LogP contribution in [0.1, 0.15) is 25.7 Å². The van der Waals surface area contributed by atoms with Crippen LogP contribution in [0.4, 0.5) is 12.9 Å². The normalized spacial score (nSPS) is 40.6. The molecule has 2 aliphatic rings. The molecule has 2 atom stereocenters. The summed E-state index contributed by atoms with van der Waals surface area (Å²) >= 11 is 0. The topological polar surface area (TPSA) is 26.3 Å². The SMILES string of the molecule is COC(=O)[C@@]12CCC[C@]1([B-](F)(F)F)C2. The van der Waals surface area contributed by atoms with Gasteiger partial charge in [0.1, 0.15) is 0 Å². The van der Waals surface area contributed by atoms with Crippen molar-refractivity contribution >= 4 is 12.9 Å². The van der Waals surface area contributed by atoms with Crippen LogP contribution in [0.2, 0.25) is 5.31 Å². The zero-order chi connectivity index (χ0) is 10.6. The van der Waals surface area contributed by atoms with Gasteiger partial charge >= 0.3 is 12.9 Å². The van der Waals surface area contributed by atoms with Gasteiger partial charge in [0.05, 0.1) is 7.11 Å². The van der Waals surface area contributed by atoms with Gasteiger partial charge in [0.25, 0.3) is 0 Å². The van der Waals surface area contributed by atoms with Crippen molar-refractivity contribution in [2.75, 3.05) is 7.11 Å². The van der Waals surface area contributed by atoms with Crippen LogP contribution >= 0.6 is 0 Å². The molecule has 0 aliphatic heterocycles. The third-order valence-corrected chi connectivity index (χ3v) is 3.87. The first kappa shape index (κ1) is 9.86. The van der Waals surface area contributed by atoms with Crippen LogP contribution in [0.5, 0.6) is 0 Å². The average molecular weight is 207 g/mol. The fourth-order valence-electron chi connectivity index (χ4n) is 3.03. The number of ether oxygens (including phenoxy) is 1. The van der Waals surface area contributed by atoms with E-state index in [1.807, 2.05) is 0 Å². The fourth-order valence-corrected chi connectivity index (χ4v) is 3.03. The van der Waals surface area contributed by atoms with Crippen LogP contribution in [0, 0.1) is 5.41 Å². The minimum Gasteiger partial charge on any atom is -0.469 e. The first-order valence-corrected chi connectivity index (χ1v) is 4.67. The van der Waals surface area contributed by atoms with Crippen molar-refractivity contribution in [1.29, 1.82) is 0 Å². The summed E-state index contributed by atoms with van der Waals surface area (Å²) in [7, 11) is 1.15. The molecule has 2 aliphatic carbocycles. The molecule has 0 radical (unpaired) electrons. The molecule has 14 heavy (non-hydrogen) atoms. The van der Waals surface area contributed by atoms with E-state index < -0.39 is 23.7 Å². The first-order valence-electron chi connectivity index (χ1n) is 4.67. The third-order valence-electron chi connectivity index (χ3n) is 3.87. The molecule has 6 heteroatoms. The van der Waals surface area contributed by atoms with Gasteiger partial charge in [0.15, 0.2) is 0 Å². The number of methoxy groups -OCH3 is 1. The van der Waals surface area contributed by atoms with Crippen molar-refractivity contribution in [3.8, 4) is 0 Å². The minimum atomic E-state index is -4.92. The quantitative estimate of drug-likeness (QED) is 0.513. The number of carbonyl (C=O) groups is 1. The Hall–Kier alpha value is -0.675. The Bertz CT molecular complexity index is 291. The summed E-state index contributed by atoms with van der Waals surface area (Å²) in [5.41, 5.74) is -1.21. The molecule has 0 unspecified atom stereocenters. The Morgan fingerprint density at radius 3 is 2.43 bits per heavy atom. The molecule has 0 spiro atoms. The maximum Gasteiger partial charge on any atom is 0.485 e. The zero-order valence-electron chi connectivity index (χ0n) is 7.86. The van der Waals surface area contributed by atoms with E-state index in [2.05, 4.69) is 4.74 Å². The van der Waals surface area contributed by atoms with Gasteiger partial charge in [0, 0.05) is 5.41 Å². The highest BCUT2D eigenvalue weighted by molar-refractivity contribution is 6.64. The van der Waals surface area contributed by atoms with Gasteiger partial charge in [-0.2, -0.15) is 0 Å². The summed E-state index contributed by atoms with van der Waals surface area (Å²) in [4.78, 5) is 11.3. The fraction of sp³-hybridized carbons (Fsp3) is 0.875. The summed E-state index contributed by atoms with van der Waals surface area (Å²) in [5.74, 6) is -0.672. The third kappa shape index (κ3) is 0.867. The van der Waals surface area contributed by atoms with E-state index in [1.165, 1.54) is 0 Å². The summed E-state index contributed by atoms with van der Waals surface area (Å²) in [6.45, 7) is -4.92. The van der Waals surface area contributed by atoms with Crippen LogP contribution < -0.4 is 0 Å². The lowest BCUT2D eigenvalue weighted by Crippen LogP contribution is -2.31. The highest BCUT2D eigenvalue weighted by Crippen LogP contribution is 2.83. The first-order chi connectivity index (χ1) is 6.40. The van der Waals surface area contributed by atoms with Crippen molar-refractivity contribution in [1.82, 2.24) is 0 Å². The van der Waals surface area contributed by atoms with Crippen LogP contribution in [0.25, 0.3) is 0 Å². The molecule has 0 bridgehead atoms. The Morgan fingerprint density at radius 1 is 1.36 bits per heavy atom. The lowest BCUT2D eigenvalue weighted by atomic mass is 9.64. The molecule has 0 aromatic rings. The molecule has 0 heterocycles. The molecular weight excluding hydrogens is 196 g/mol. The number of fused-ring (bicyclic) bond motifs is 1. The van der Waals surface area contributed by atoms with E-state index in [4.69, 9.17) is 0 Å². The smallest absolute Gasteiger partial charge is 0.469 e. The molecule has 2 nitrogen and oxygen atoms in total. The van der Waals surface area contributed by atoms with Crippen molar-refractivity contribution in [2.24, 2.45) is 5.41 Å². The van der Waals surface area contributed by atoms with Gasteiger partial charge < -0.3 is 17.7 Å². The Balaban J connectivity index is 2.30. The van der Waals surface area contributed by atoms with Crippen molar-refractivity contribution in [2.45, 2.75) is 31.0 Å². The highest BCUT2D eigenvalue weighted by atomic mass is 19.4. The zero-order valence-corrected chi connectivity index (χ0v) is 7.86. The van der Waals surface area contributed by atoms with Gasteiger partial charge in [-0.05, 0) is 11.7 Å². The van der Waals surface area contributed by atoms with Crippen LogP contribution in [0.15, 0.2) is 0 Å². The molecule has 0 saturated heterocycles. The van der Waals surface area contributed by atoms with Gasteiger partial charge in [0.2, 0.25) is 0 Å². The number of carbonyl (C=O) groups excluding carboxylic acids is 1. The lowest BCUT2D eigenvalue weighted by Gasteiger charge is -2.26. The van der Waals surface area contributed by atoms with E-state index in [9.17, 15) is 17.7 Å². The van der Waals surface area contributed by atoms with Crippen molar-refractivity contribution < 1.29 is 22.5 Å². The van der Waals surface area contributed by atoms with E-state index in [-0.39, 0.29) is 12.8 Å². The van der Waals surface area contributed by atoms with E-state index in [0.29, 0.717) is 12.8 Å². The predicted octanol–water partition coefficient (Wildman–Crippen LogP) is 2.32. The second-order valence-electron chi connectivity index (χ2n) is 4.33.